The number of amides is 2. The molecule has 1 heterocycles. The molecule has 2 N–H and O–H groups in total. The van der Waals surface area contributed by atoms with Crippen LogP contribution >= 0.6 is 23.2 Å². The molecule has 2 amide bonds. The van der Waals surface area contributed by atoms with Crippen LogP contribution in [-0.2, 0) is 9.59 Å². The largest absolute Gasteiger partial charge is 0.344 e. The molecule has 0 spiro atoms. The lowest BCUT2D eigenvalue weighted by Crippen LogP contribution is -2.42. The first-order chi connectivity index (χ1) is 9.51. The molecule has 0 radical (unpaired) electrons. The highest BCUT2D eigenvalue weighted by Crippen LogP contribution is 2.25. The highest BCUT2D eigenvalue weighted by molar-refractivity contribution is 6.42. The minimum absolute atomic E-state index is 0.159. The van der Waals surface area contributed by atoms with Crippen LogP contribution < -0.4 is 10.6 Å². The summed E-state index contributed by atoms with van der Waals surface area (Å²) in [5, 5.41) is 15.0. The number of rotatable bonds is 3. The number of benzene rings is 1. The summed E-state index contributed by atoms with van der Waals surface area (Å²) in [6, 6.07) is 5.28. The van der Waals surface area contributed by atoms with E-state index in [1.54, 1.807) is 12.1 Å². The van der Waals surface area contributed by atoms with Crippen LogP contribution in [0.3, 0.4) is 0 Å². The Labute approximate surface area is 125 Å². The maximum atomic E-state index is 11.9. The van der Waals surface area contributed by atoms with Crippen LogP contribution in [0.5, 0.6) is 0 Å². The van der Waals surface area contributed by atoms with Crippen molar-refractivity contribution in [1.29, 1.82) is 5.26 Å². The Morgan fingerprint density at radius 2 is 2.20 bits per heavy atom. The van der Waals surface area contributed by atoms with E-state index in [0.717, 1.165) is 0 Å². The molecule has 20 heavy (non-hydrogen) atoms. The monoisotopic (exact) mass is 311 g/mol. The zero-order valence-electron chi connectivity index (χ0n) is 10.3. The van der Waals surface area contributed by atoms with Gasteiger partial charge in [-0.2, -0.15) is 5.26 Å². The van der Waals surface area contributed by atoms with Gasteiger partial charge in [-0.3, -0.25) is 9.59 Å². The number of carbonyl (C=O) groups is 2. The summed E-state index contributed by atoms with van der Waals surface area (Å²) in [7, 11) is 0. The third-order valence-electron chi connectivity index (χ3n) is 3.00. The SMILES string of the molecule is N#C[C@@H](NC(=O)[C@@H]1CCC(=O)N1)c1ccc(Cl)c(Cl)c1. The Kier molecular flexibility index (Phi) is 4.48. The van der Waals surface area contributed by atoms with Crippen molar-refractivity contribution in [3.8, 4) is 6.07 Å². The fourth-order valence-corrected chi connectivity index (χ4v) is 2.24. The molecule has 7 heteroatoms. The summed E-state index contributed by atoms with van der Waals surface area (Å²) < 4.78 is 0. The van der Waals surface area contributed by atoms with E-state index in [2.05, 4.69) is 10.6 Å². The van der Waals surface area contributed by atoms with Crippen molar-refractivity contribution in [3.05, 3.63) is 33.8 Å². The van der Waals surface area contributed by atoms with Crippen LogP contribution in [0, 0.1) is 11.3 Å². The number of nitriles is 1. The molecule has 1 fully saturated rings. The van der Waals surface area contributed by atoms with E-state index in [1.165, 1.54) is 6.07 Å². The molecule has 2 rings (SSSR count). The molecular weight excluding hydrogens is 301 g/mol. The predicted molar refractivity (Wildman–Crippen MR) is 74.1 cm³/mol. The molecule has 1 aliphatic heterocycles. The van der Waals surface area contributed by atoms with Gasteiger partial charge in [-0.25, -0.2) is 0 Å². The van der Waals surface area contributed by atoms with Crippen molar-refractivity contribution in [2.75, 3.05) is 0 Å². The average molecular weight is 312 g/mol. The van der Waals surface area contributed by atoms with Crippen LogP contribution in [0.15, 0.2) is 18.2 Å². The second-order valence-corrected chi connectivity index (χ2v) is 5.22. The van der Waals surface area contributed by atoms with E-state index in [1.807, 2.05) is 6.07 Å². The molecule has 1 aromatic carbocycles. The fourth-order valence-electron chi connectivity index (χ4n) is 1.94. The summed E-state index contributed by atoms with van der Waals surface area (Å²) in [5.74, 6) is -0.540. The predicted octanol–water partition coefficient (Wildman–Crippen LogP) is 1.95. The molecule has 0 unspecified atom stereocenters. The Bertz CT molecular complexity index is 598. The van der Waals surface area contributed by atoms with Gasteiger partial charge in [0.2, 0.25) is 11.8 Å². The minimum atomic E-state index is -0.838. The van der Waals surface area contributed by atoms with Gasteiger partial charge in [-0.05, 0) is 24.1 Å². The maximum absolute atomic E-state index is 11.9. The summed E-state index contributed by atoms with van der Waals surface area (Å²) in [4.78, 5) is 23.0. The van der Waals surface area contributed by atoms with Crippen molar-refractivity contribution in [3.63, 3.8) is 0 Å². The van der Waals surface area contributed by atoms with E-state index in [9.17, 15) is 9.59 Å². The maximum Gasteiger partial charge on any atom is 0.243 e. The number of nitrogens with zero attached hydrogens (tertiary/aromatic N) is 1. The van der Waals surface area contributed by atoms with E-state index in [0.29, 0.717) is 28.5 Å². The normalized spacial score (nSPS) is 19.1. The van der Waals surface area contributed by atoms with E-state index in [-0.39, 0.29) is 11.8 Å². The Hall–Kier alpha value is -1.77. The Balaban J connectivity index is 2.09. The summed E-state index contributed by atoms with van der Waals surface area (Å²) in [6.45, 7) is 0. The highest BCUT2D eigenvalue weighted by atomic mass is 35.5. The van der Waals surface area contributed by atoms with Crippen molar-refractivity contribution in [2.24, 2.45) is 0 Å². The van der Waals surface area contributed by atoms with Crippen molar-refractivity contribution in [2.45, 2.75) is 24.9 Å². The molecule has 5 nitrogen and oxygen atoms in total. The number of hydrogen-bond acceptors (Lipinski definition) is 3. The number of halogens is 2. The lowest BCUT2D eigenvalue weighted by Gasteiger charge is -2.16. The zero-order chi connectivity index (χ0) is 14.7. The summed E-state index contributed by atoms with van der Waals surface area (Å²) >= 11 is 11.7. The van der Waals surface area contributed by atoms with Crippen LogP contribution in [0.25, 0.3) is 0 Å². The molecule has 2 atom stereocenters. The Morgan fingerprint density at radius 1 is 1.45 bits per heavy atom. The first kappa shape index (κ1) is 14.6. The lowest BCUT2D eigenvalue weighted by atomic mass is 10.1. The third kappa shape index (κ3) is 3.21. The second kappa shape index (κ2) is 6.12. The highest BCUT2D eigenvalue weighted by Gasteiger charge is 2.28. The Morgan fingerprint density at radius 3 is 2.75 bits per heavy atom. The molecular formula is C13H11Cl2N3O2. The van der Waals surface area contributed by atoms with Gasteiger partial charge in [0, 0.05) is 6.42 Å². The summed E-state index contributed by atoms with van der Waals surface area (Å²) in [5.41, 5.74) is 0.541. The first-order valence-electron chi connectivity index (χ1n) is 5.95. The second-order valence-electron chi connectivity index (χ2n) is 4.40. The molecule has 0 aliphatic carbocycles. The van der Waals surface area contributed by atoms with Crippen molar-refractivity contribution < 1.29 is 9.59 Å². The average Bonchev–Trinajstić information content (AvgIpc) is 2.86. The van der Waals surface area contributed by atoms with Gasteiger partial charge < -0.3 is 10.6 Å². The molecule has 104 valence electrons. The summed E-state index contributed by atoms with van der Waals surface area (Å²) in [6.07, 6.45) is 0.756. The van der Waals surface area contributed by atoms with Crippen LogP contribution in [0.1, 0.15) is 24.4 Å². The quantitative estimate of drug-likeness (QED) is 0.895. The first-order valence-corrected chi connectivity index (χ1v) is 6.71. The molecule has 1 aliphatic rings. The van der Waals surface area contributed by atoms with Crippen LogP contribution in [-0.4, -0.2) is 17.9 Å². The molecule has 0 aromatic heterocycles. The van der Waals surface area contributed by atoms with Gasteiger partial charge in [-0.15, -0.1) is 0 Å². The van der Waals surface area contributed by atoms with Gasteiger partial charge in [0.15, 0.2) is 0 Å². The molecule has 1 aromatic rings. The van der Waals surface area contributed by atoms with E-state index >= 15 is 0 Å². The smallest absolute Gasteiger partial charge is 0.243 e. The van der Waals surface area contributed by atoms with Gasteiger partial charge in [0.05, 0.1) is 16.1 Å². The lowest BCUT2D eigenvalue weighted by molar-refractivity contribution is -0.126. The zero-order valence-corrected chi connectivity index (χ0v) is 11.8. The number of carbonyl (C=O) groups excluding carboxylic acids is 2. The topological polar surface area (TPSA) is 82.0 Å². The van der Waals surface area contributed by atoms with Crippen molar-refractivity contribution >= 4 is 35.0 Å². The van der Waals surface area contributed by atoms with Gasteiger partial charge in [0.25, 0.3) is 0 Å². The number of nitrogens with one attached hydrogen (secondary N) is 2. The minimum Gasteiger partial charge on any atom is -0.344 e. The molecule has 1 saturated heterocycles. The molecule has 0 saturated carbocycles. The van der Waals surface area contributed by atoms with Gasteiger partial charge >= 0.3 is 0 Å². The molecule has 0 bridgehead atoms. The van der Waals surface area contributed by atoms with Crippen LogP contribution in [0.4, 0.5) is 0 Å². The van der Waals surface area contributed by atoms with Gasteiger partial charge in [-0.1, -0.05) is 29.3 Å². The number of hydrogen-bond donors (Lipinski definition) is 2. The van der Waals surface area contributed by atoms with E-state index in [4.69, 9.17) is 28.5 Å². The standard InChI is InChI=1S/C13H11Cl2N3O2/c14-8-2-1-7(5-9(8)15)11(6-16)18-13(20)10-3-4-12(19)17-10/h1-2,5,10-11H,3-4H2,(H,17,19)(H,18,20)/t10-,11+/m0/s1. The van der Waals surface area contributed by atoms with E-state index < -0.39 is 12.1 Å². The van der Waals surface area contributed by atoms with Crippen molar-refractivity contribution in [1.82, 2.24) is 10.6 Å². The van der Waals surface area contributed by atoms with Crippen LogP contribution in [0.2, 0.25) is 10.0 Å². The third-order valence-corrected chi connectivity index (χ3v) is 3.74. The fraction of sp³-hybridized carbons (Fsp3) is 0.308. The van der Waals surface area contributed by atoms with Gasteiger partial charge in [0.1, 0.15) is 12.1 Å².